The lowest BCUT2D eigenvalue weighted by Gasteiger charge is -2.11. The molecule has 0 aliphatic heterocycles. The highest BCUT2D eigenvalue weighted by Gasteiger charge is 2.12. The quantitative estimate of drug-likeness (QED) is 0.888. The van der Waals surface area contributed by atoms with E-state index in [2.05, 4.69) is 18.8 Å². The van der Waals surface area contributed by atoms with E-state index in [-0.39, 0.29) is 5.56 Å². The molecule has 120 valence electrons. The van der Waals surface area contributed by atoms with Gasteiger partial charge in [-0.2, -0.15) is 5.26 Å². The molecule has 0 saturated carbocycles. The first-order chi connectivity index (χ1) is 10.9. The van der Waals surface area contributed by atoms with Gasteiger partial charge in [0.1, 0.15) is 17.4 Å². The molecule has 2 rings (SSSR count). The van der Waals surface area contributed by atoms with Crippen molar-refractivity contribution >= 4 is 11.6 Å². The Bertz CT molecular complexity index is 804. The van der Waals surface area contributed by atoms with Gasteiger partial charge < -0.3 is 9.72 Å². The molecule has 1 N–H and O–H groups in total. The van der Waals surface area contributed by atoms with Crippen LogP contribution in [0.1, 0.15) is 31.5 Å². The summed E-state index contributed by atoms with van der Waals surface area (Å²) in [5.74, 6) is 1.17. The summed E-state index contributed by atoms with van der Waals surface area (Å²) in [7, 11) is 0. The Morgan fingerprint density at radius 2 is 2.09 bits per heavy atom. The summed E-state index contributed by atoms with van der Waals surface area (Å²) in [5.41, 5.74) is 1.68. The number of rotatable bonds is 5. The highest BCUT2D eigenvalue weighted by atomic mass is 35.5. The van der Waals surface area contributed by atoms with Gasteiger partial charge in [0.05, 0.1) is 11.6 Å². The number of hydrogen-bond acceptors (Lipinski definition) is 3. The summed E-state index contributed by atoms with van der Waals surface area (Å²) in [6.45, 7) is 6.64. The van der Waals surface area contributed by atoms with Gasteiger partial charge in [0.15, 0.2) is 0 Å². The van der Waals surface area contributed by atoms with Crippen LogP contribution < -0.4 is 10.3 Å². The standard InChI is InChI=1S/C18H19ClN2O2/c1-11(2)6-7-23-17-5-4-13(9-16(17)19)14-8-12(3)21-18(22)15(14)10-20/h4-5,8-9,11H,6-7H2,1-3H3,(H,21,22). The fraction of sp³-hybridized carbons (Fsp3) is 0.333. The highest BCUT2D eigenvalue weighted by molar-refractivity contribution is 6.32. The normalized spacial score (nSPS) is 10.6. The third-order valence-corrected chi connectivity index (χ3v) is 3.77. The van der Waals surface area contributed by atoms with Crippen LogP contribution in [0.5, 0.6) is 5.75 Å². The first kappa shape index (κ1) is 17.1. The minimum absolute atomic E-state index is 0.0835. The zero-order valence-corrected chi connectivity index (χ0v) is 14.2. The number of aromatic nitrogens is 1. The zero-order chi connectivity index (χ0) is 17.0. The number of halogens is 1. The third-order valence-electron chi connectivity index (χ3n) is 3.48. The van der Waals surface area contributed by atoms with Gasteiger partial charge in [-0.15, -0.1) is 0 Å². The van der Waals surface area contributed by atoms with Crippen molar-refractivity contribution in [1.82, 2.24) is 4.98 Å². The van der Waals surface area contributed by atoms with Gasteiger partial charge in [0, 0.05) is 11.3 Å². The van der Waals surface area contributed by atoms with E-state index in [0.717, 1.165) is 12.0 Å². The van der Waals surface area contributed by atoms with Crippen molar-refractivity contribution in [2.75, 3.05) is 6.61 Å². The Morgan fingerprint density at radius 1 is 1.35 bits per heavy atom. The van der Waals surface area contributed by atoms with Gasteiger partial charge in [-0.25, -0.2) is 0 Å². The van der Waals surface area contributed by atoms with E-state index in [1.54, 1.807) is 25.1 Å². The molecule has 0 radical (unpaired) electrons. The topological polar surface area (TPSA) is 65.9 Å². The predicted molar refractivity (Wildman–Crippen MR) is 91.9 cm³/mol. The number of H-pyrrole nitrogens is 1. The van der Waals surface area contributed by atoms with Crippen molar-refractivity contribution < 1.29 is 4.74 Å². The van der Waals surface area contributed by atoms with Crippen LogP contribution in [0.4, 0.5) is 0 Å². The number of hydrogen-bond donors (Lipinski definition) is 1. The molecule has 5 heteroatoms. The average molecular weight is 331 g/mol. The smallest absolute Gasteiger partial charge is 0.266 e. The van der Waals surface area contributed by atoms with Gasteiger partial charge >= 0.3 is 0 Å². The molecule has 2 aromatic rings. The Labute approximate surface area is 140 Å². The molecule has 0 bridgehead atoms. The Balaban J connectivity index is 2.35. The molecular weight excluding hydrogens is 312 g/mol. The average Bonchev–Trinajstić information content (AvgIpc) is 2.47. The molecule has 4 nitrogen and oxygen atoms in total. The summed E-state index contributed by atoms with van der Waals surface area (Å²) in [6.07, 6.45) is 0.948. The van der Waals surface area contributed by atoms with Crippen molar-refractivity contribution in [2.45, 2.75) is 27.2 Å². The van der Waals surface area contributed by atoms with Crippen LogP contribution >= 0.6 is 11.6 Å². The number of nitriles is 1. The molecule has 0 saturated heterocycles. The molecule has 0 unspecified atom stereocenters. The van der Waals surface area contributed by atoms with Crippen LogP contribution in [0, 0.1) is 24.2 Å². The fourth-order valence-electron chi connectivity index (χ4n) is 2.22. The van der Waals surface area contributed by atoms with Crippen molar-refractivity contribution in [3.05, 3.63) is 50.9 Å². The van der Waals surface area contributed by atoms with Crippen LogP contribution in [0.15, 0.2) is 29.1 Å². The maximum atomic E-state index is 11.9. The summed E-state index contributed by atoms with van der Waals surface area (Å²) >= 11 is 6.28. The Morgan fingerprint density at radius 3 is 2.70 bits per heavy atom. The maximum absolute atomic E-state index is 11.9. The number of benzene rings is 1. The fourth-order valence-corrected chi connectivity index (χ4v) is 2.45. The minimum atomic E-state index is -0.393. The van der Waals surface area contributed by atoms with Crippen LogP contribution in [0.25, 0.3) is 11.1 Å². The molecule has 0 atom stereocenters. The number of ether oxygens (including phenoxy) is 1. The molecule has 0 aliphatic rings. The maximum Gasteiger partial charge on any atom is 0.266 e. The number of nitrogens with zero attached hydrogens (tertiary/aromatic N) is 1. The van der Waals surface area contributed by atoms with Crippen LogP contribution in [-0.4, -0.2) is 11.6 Å². The van der Waals surface area contributed by atoms with Crippen LogP contribution in [0.3, 0.4) is 0 Å². The SMILES string of the molecule is Cc1cc(-c2ccc(OCCC(C)C)c(Cl)c2)c(C#N)c(=O)[nH]1. The molecule has 0 amide bonds. The van der Waals surface area contributed by atoms with Crippen molar-refractivity contribution in [1.29, 1.82) is 5.26 Å². The van der Waals surface area contributed by atoms with E-state index in [4.69, 9.17) is 16.3 Å². The van der Waals surface area contributed by atoms with Gasteiger partial charge in [-0.05, 0) is 43.0 Å². The lowest BCUT2D eigenvalue weighted by molar-refractivity contribution is 0.289. The van der Waals surface area contributed by atoms with E-state index < -0.39 is 5.56 Å². The van der Waals surface area contributed by atoms with Crippen molar-refractivity contribution in [3.63, 3.8) is 0 Å². The molecule has 1 aromatic carbocycles. The molecule has 1 heterocycles. The molecular formula is C18H19ClN2O2. The van der Waals surface area contributed by atoms with Gasteiger partial charge in [-0.3, -0.25) is 4.79 Å². The van der Waals surface area contributed by atoms with Crippen LogP contribution in [-0.2, 0) is 0 Å². The van der Waals surface area contributed by atoms with E-state index in [1.807, 2.05) is 12.1 Å². The lowest BCUT2D eigenvalue weighted by atomic mass is 10.0. The van der Waals surface area contributed by atoms with Crippen LogP contribution in [0.2, 0.25) is 5.02 Å². The number of nitrogens with one attached hydrogen (secondary N) is 1. The molecule has 0 spiro atoms. The van der Waals surface area contributed by atoms with Gasteiger partial charge in [0.2, 0.25) is 0 Å². The number of aromatic amines is 1. The van der Waals surface area contributed by atoms with Crippen molar-refractivity contribution in [2.24, 2.45) is 5.92 Å². The predicted octanol–water partition coefficient (Wildman–Crippen LogP) is 4.30. The van der Waals surface area contributed by atoms with E-state index in [0.29, 0.717) is 34.6 Å². The largest absolute Gasteiger partial charge is 0.492 e. The lowest BCUT2D eigenvalue weighted by Crippen LogP contribution is -2.12. The van der Waals surface area contributed by atoms with Crippen molar-refractivity contribution in [3.8, 4) is 22.9 Å². The third kappa shape index (κ3) is 4.14. The number of pyridine rings is 1. The van der Waals surface area contributed by atoms with E-state index in [9.17, 15) is 10.1 Å². The molecule has 23 heavy (non-hydrogen) atoms. The minimum Gasteiger partial charge on any atom is -0.492 e. The van der Waals surface area contributed by atoms with E-state index >= 15 is 0 Å². The zero-order valence-electron chi connectivity index (χ0n) is 13.4. The first-order valence-electron chi connectivity index (χ1n) is 7.49. The first-order valence-corrected chi connectivity index (χ1v) is 7.87. The van der Waals surface area contributed by atoms with Gasteiger partial charge in [-0.1, -0.05) is 31.5 Å². The monoisotopic (exact) mass is 330 g/mol. The second-order valence-corrected chi connectivity index (χ2v) is 6.27. The molecule has 0 aliphatic carbocycles. The summed E-state index contributed by atoms with van der Waals surface area (Å²) in [5, 5.41) is 9.68. The van der Waals surface area contributed by atoms with E-state index in [1.165, 1.54) is 0 Å². The summed E-state index contributed by atoms with van der Waals surface area (Å²) < 4.78 is 5.68. The highest BCUT2D eigenvalue weighted by Crippen LogP contribution is 2.31. The number of aryl methyl sites for hydroxylation is 1. The molecule has 0 fully saturated rings. The second-order valence-electron chi connectivity index (χ2n) is 5.86. The summed E-state index contributed by atoms with van der Waals surface area (Å²) in [6, 6.07) is 9.03. The Kier molecular flexibility index (Phi) is 5.46. The Hall–Kier alpha value is -2.25. The molecule has 1 aromatic heterocycles. The second kappa shape index (κ2) is 7.34. The summed E-state index contributed by atoms with van der Waals surface area (Å²) in [4.78, 5) is 14.5. The van der Waals surface area contributed by atoms with Gasteiger partial charge in [0.25, 0.3) is 5.56 Å².